The van der Waals surface area contributed by atoms with Gasteiger partial charge in [-0.3, -0.25) is 4.90 Å². The largest absolute Gasteiger partial charge is 0.391 e. The zero-order valence-electron chi connectivity index (χ0n) is 12.7. The SMILES string of the molecule is Cc1cc(N)sc1-c1nc(C2CN(C)CCCN2C)no1. The van der Waals surface area contributed by atoms with E-state index in [1.807, 2.05) is 13.0 Å². The first-order valence-corrected chi connectivity index (χ1v) is 7.95. The number of nitrogens with zero attached hydrogens (tertiary/aromatic N) is 4. The monoisotopic (exact) mass is 307 g/mol. The van der Waals surface area contributed by atoms with Crippen molar-refractivity contribution in [3.8, 4) is 10.8 Å². The number of nitrogens with two attached hydrogens (primary N) is 1. The maximum atomic E-state index is 5.84. The Hall–Kier alpha value is -1.44. The molecule has 3 heterocycles. The van der Waals surface area contributed by atoms with E-state index in [2.05, 4.69) is 34.0 Å². The third-order valence-corrected chi connectivity index (χ3v) is 4.99. The standard InChI is InChI=1S/C14H21N5OS/c1-9-7-11(15)21-12(9)14-16-13(17-20-14)10-8-18(2)5-4-6-19(10)3/h7,10H,4-6,8,15H2,1-3H3. The molecule has 2 aromatic heterocycles. The number of hydrogen-bond acceptors (Lipinski definition) is 7. The molecule has 1 saturated heterocycles. The molecule has 0 saturated carbocycles. The normalized spacial score (nSPS) is 21.6. The van der Waals surface area contributed by atoms with Gasteiger partial charge >= 0.3 is 0 Å². The Morgan fingerprint density at radius 2 is 2.19 bits per heavy atom. The fourth-order valence-corrected chi connectivity index (χ4v) is 3.59. The molecule has 2 N–H and O–H groups in total. The van der Waals surface area contributed by atoms with Crippen LogP contribution >= 0.6 is 11.3 Å². The molecule has 3 rings (SSSR count). The van der Waals surface area contributed by atoms with Crippen molar-refractivity contribution in [3.05, 3.63) is 17.5 Å². The lowest BCUT2D eigenvalue weighted by molar-refractivity contribution is 0.215. The van der Waals surface area contributed by atoms with Crippen LogP contribution in [0.15, 0.2) is 10.6 Å². The van der Waals surface area contributed by atoms with Crippen LogP contribution in [0.2, 0.25) is 0 Å². The highest BCUT2D eigenvalue weighted by Crippen LogP contribution is 2.33. The molecule has 21 heavy (non-hydrogen) atoms. The number of thiophene rings is 1. The van der Waals surface area contributed by atoms with E-state index in [9.17, 15) is 0 Å². The van der Waals surface area contributed by atoms with Crippen LogP contribution in [-0.2, 0) is 0 Å². The molecule has 0 bridgehead atoms. The van der Waals surface area contributed by atoms with Gasteiger partial charge in [-0.2, -0.15) is 4.98 Å². The van der Waals surface area contributed by atoms with Gasteiger partial charge in [0.25, 0.3) is 5.89 Å². The van der Waals surface area contributed by atoms with Crippen LogP contribution in [0.1, 0.15) is 23.9 Å². The highest BCUT2D eigenvalue weighted by molar-refractivity contribution is 7.19. The van der Waals surface area contributed by atoms with Crippen molar-refractivity contribution in [2.45, 2.75) is 19.4 Å². The third-order valence-electron chi connectivity index (χ3n) is 3.94. The minimum Gasteiger partial charge on any atom is -0.391 e. The molecule has 1 unspecified atom stereocenters. The molecule has 7 heteroatoms. The quantitative estimate of drug-likeness (QED) is 0.915. The maximum Gasteiger partial charge on any atom is 0.268 e. The minimum absolute atomic E-state index is 0.174. The van der Waals surface area contributed by atoms with Crippen LogP contribution in [0.25, 0.3) is 10.8 Å². The molecular weight excluding hydrogens is 286 g/mol. The summed E-state index contributed by atoms with van der Waals surface area (Å²) in [6.45, 7) is 5.08. The lowest BCUT2D eigenvalue weighted by atomic mass is 10.2. The topological polar surface area (TPSA) is 71.4 Å². The van der Waals surface area contributed by atoms with Crippen molar-refractivity contribution in [3.63, 3.8) is 0 Å². The number of hydrogen-bond donors (Lipinski definition) is 1. The average molecular weight is 307 g/mol. The Kier molecular flexibility index (Phi) is 3.97. The summed E-state index contributed by atoms with van der Waals surface area (Å²) >= 11 is 1.49. The zero-order valence-corrected chi connectivity index (χ0v) is 13.5. The molecule has 0 aliphatic carbocycles. The van der Waals surface area contributed by atoms with E-state index in [-0.39, 0.29) is 6.04 Å². The van der Waals surface area contributed by atoms with Gasteiger partial charge in [-0.05, 0) is 52.2 Å². The van der Waals surface area contributed by atoms with Crippen LogP contribution in [-0.4, -0.2) is 53.7 Å². The lowest BCUT2D eigenvalue weighted by Crippen LogP contribution is -2.31. The first-order chi connectivity index (χ1) is 10.0. The minimum atomic E-state index is 0.174. The van der Waals surface area contributed by atoms with Crippen LogP contribution in [0, 0.1) is 6.92 Å². The Labute approximate surface area is 128 Å². The molecule has 6 nitrogen and oxygen atoms in total. The molecule has 1 atom stereocenters. The predicted molar refractivity (Wildman–Crippen MR) is 84.2 cm³/mol. The first kappa shape index (κ1) is 14.5. The van der Waals surface area contributed by atoms with Gasteiger partial charge in [0.2, 0.25) is 0 Å². The van der Waals surface area contributed by atoms with E-state index in [0.29, 0.717) is 5.89 Å². The van der Waals surface area contributed by atoms with E-state index in [1.165, 1.54) is 11.3 Å². The fourth-order valence-electron chi connectivity index (χ4n) is 2.73. The summed E-state index contributed by atoms with van der Waals surface area (Å²) in [7, 11) is 4.26. The van der Waals surface area contributed by atoms with Gasteiger partial charge in [0.15, 0.2) is 5.82 Å². The number of rotatable bonds is 2. The van der Waals surface area contributed by atoms with Crippen LogP contribution in [0.5, 0.6) is 0 Å². The van der Waals surface area contributed by atoms with E-state index >= 15 is 0 Å². The van der Waals surface area contributed by atoms with Crippen molar-refractivity contribution < 1.29 is 4.52 Å². The number of likely N-dealkylation sites (N-methyl/N-ethyl adjacent to an activating group) is 2. The molecule has 0 spiro atoms. The molecule has 114 valence electrons. The van der Waals surface area contributed by atoms with E-state index in [4.69, 9.17) is 10.3 Å². The molecular formula is C14H21N5OS. The van der Waals surface area contributed by atoms with Crippen molar-refractivity contribution in [1.29, 1.82) is 0 Å². The lowest BCUT2D eigenvalue weighted by Gasteiger charge is -2.24. The fraction of sp³-hybridized carbons (Fsp3) is 0.571. The number of anilines is 1. The van der Waals surface area contributed by atoms with E-state index in [0.717, 1.165) is 47.3 Å². The van der Waals surface area contributed by atoms with Gasteiger partial charge in [-0.1, -0.05) is 5.16 Å². The van der Waals surface area contributed by atoms with Crippen LogP contribution in [0.4, 0.5) is 5.00 Å². The van der Waals surface area contributed by atoms with Gasteiger partial charge in [0, 0.05) is 6.54 Å². The van der Waals surface area contributed by atoms with Gasteiger partial charge < -0.3 is 15.2 Å². The maximum absolute atomic E-state index is 5.84. The van der Waals surface area contributed by atoms with Gasteiger partial charge in [0.05, 0.1) is 15.9 Å². The number of aromatic nitrogens is 2. The number of nitrogen functional groups attached to an aromatic ring is 1. The molecule has 1 aliphatic rings. The van der Waals surface area contributed by atoms with Gasteiger partial charge in [-0.15, -0.1) is 11.3 Å². The van der Waals surface area contributed by atoms with Gasteiger partial charge in [0.1, 0.15) is 0 Å². The summed E-state index contributed by atoms with van der Waals surface area (Å²) in [5.41, 5.74) is 6.92. The van der Waals surface area contributed by atoms with E-state index < -0.39 is 0 Å². The molecule has 1 fully saturated rings. The van der Waals surface area contributed by atoms with Crippen LogP contribution < -0.4 is 5.73 Å². The van der Waals surface area contributed by atoms with Crippen molar-refractivity contribution >= 4 is 16.3 Å². The highest BCUT2D eigenvalue weighted by Gasteiger charge is 2.27. The predicted octanol–water partition coefficient (Wildman–Crippen LogP) is 2.00. The second-order valence-corrected chi connectivity index (χ2v) is 6.81. The Balaban J connectivity index is 1.88. The molecule has 1 aliphatic heterocycles. The summed E-state index contributed by atoms with van der Waals surface area (Å²) in [6, 6.07) is 2.11. The summed E-state index contributed by atoms with van der Waals surface area (Å²) < 4.78 is 5.47. The summed E-state index contributed by atoms with van der Waals surface area (Å²) in [4.78, 5) is 10.2. The summed E-state index contributed by atoms with van der Waals surface area (Å²) in [6.07, 6.45) is 1.16. The molecule has 2 aromatic rings. The van der Waals surface area contributed by atoms with Crippen molar-refractivity contribution in [2.75, 3.05) is 39.5 Å². The average Bonchev–Trinajstić information content (AvgIpc) is 2.98. The summed E-state index contributed by atoms with van der Waals surface area (Å²) in [5, 5.41) is 4.98. The third kappa shape index (κ3) is 2.95. The second kappa shape index (κ2) is 5.75. The van der Waals surface area contributed by atoms with Crippen molar-refractivity contribution in [1.82, 2.24) is 19.9 Å². The van der Waals surface area contributed by atoms with Gasteiger partial charge in [-0.25, -0.2) is 0 Å². The molecule has 0 amide bonds. The molecule has 0 radical (unpaired) electrons. The second-order valence-electron chi connectivity index (χ2n) is 5.73. The van der Waals surface area contributed by atoms with Crippen molar-refractivity contribution in [2.24, 2.45) is 0 Å². The Morgan fingerprint density at radius 3 is 2.90 bits per heavy atom. The number of aryl methyl sites for hydroxylation is 1. The van der Waals surface area contributed by atoms with Crippen LogP contribution in [0.3, 0.4) is 0 Å². The Morgan fingerprint density at radius 1 is 1.38 bits per heavy atom. The molecule has 0 aromatic carbocycles. The first-order valence-electron chi connectivity index (χ1n) is 7.13. The Bertz CT molecular complexity index is 623. The summed E-state index contributed by atoms with van der Waals surface area (Å²) in [5.74, 6) is 1.33. The highest BCUT2D eigenvalue weighted by atomic mass is 32.1. The zero-order chi connectivity index (χ0) is 15.0. The van der Waals surface area contributed by atoms with E-state index in [1.54, 1.807) is 0 Å². The smallest absolute Gasteiger partial charge is 0.268 e.